The number of benzene rings is 2. The van der Waals surface area contributed by atoms with Crippen LogP contribution >= 0.6 is 0 Å². The number of H-pyrrole nitrogens is 1. The van der Waals surface area contributed by atoms with Gasteiger partial charge in [-0.05, 0) is 42.5 Å². The number of aromatic amines is 1. The number of aryl methyl sites for hydroxylation is 1. The smallest absolute Gasteiger partial charge is 0.254 e. The molecule has 0 aliphatic heterocycles. The van der Waals surface area contributed by atoms with Gasteiger partial charge < -0.3 is 24.1 Å². The molecule has 0 unspecified atom stereocenters. The quantitative estimate of drug-likeness (QED) is 0.593. The molecule has 1 N–H and O–H groups in total. The van der Waals surface area contributed by atoms with Crippen molar-refractivity contribution in [3.8, 4) is 17.2 Å². The number of nitrogens with zero attached hydrogens (tertiary/aromatic N) is 1. The standard InChI is InChI=1S/C24H28N2O5/c1-6-10-26(14-18-11-16-9-7-8-15(2)21(16)25-23(18)27)24(28)17-12-19(29-3)22(31-5)20(13-17)30-4/h7-9,11-13H,6,10,14H2,1-5H3,(H,25,27). The molecule has 1 amide bonds. The lowest BCUT2D eigenvalue weighted by atomic mass is 10.1. The van der Waals surface area contributed by atoms with Gasteiger partial charge in [-0.25, -0.2) is 0 Å². The summed E-state index contributed by atoms with van der Waals surface area (Å²) in [7, 11) is 4.52. The van der Waals surface area contributed by atoms with Crippen LogP contribution in [0, 0.1) is 6.92 Å². The van der Waals surface area contributed by atoms with E-state index in [2.05, 4.69) is 4.98 Å². The number of pyridine rings is 1. The minimum atomic E-state index is -0.218. The molecular weight excluding hydrogens is 396 g/mol. The molecule has 0 atom stereocenters. The molecule has 7 heteroatoms. The van der Waals surface area contributed by atoms with Crippen molar-refractivity contribution < 1.29 is 19.0 Å². The van der Waals surface area contributed by atoms with Crippen molar-refractivity contribution in [3.05, 3.63) is 63.4 Å². The Morgan fingerprint density at radius 1 is 1.03 bits per heavy atom. The molecule has 0 bridgehead atoms. The van der Waals surface area contributed by atoms with E-state index in [-0.39, 0.29) is 18.0 Å². The third-order valence-corrected chi connectivity index (χ3v) is 5.22. The number of ether oxygens (including phenoxy) is 3. The first-order valence-corrected chi connectivity index (χ1v) is 10.1. The van der Waals surface area contributed by atoms with Crippen molar-refractivity contribution in [2.75, 3.05) is 27.9 Å². The van der Waals surface area contributed by atoms with Crippen LogP contribution in [0.4, 0.5) is 0 Å². The zero-order chi connectivity index (χ0) is 22.5. The van der Waals surface area contributed by atoms with Gasteiger partial charge in [0.15, 0.2) is 11.5 Å². The van der Waals surface area contributed by atoms with Crippen LogP contribution in [0.3, 0.4) is 0 Å². The number of carbonyl (C=O) groups is 1. The molecule has 2 aromatic carbocycles. The van der Waals surface area contributed by atoms with Gasteiger partial charge in [-0.1, -0.05) is 25.1 Å². The lowest BCUT2D eigenvalue weighted by Gasteiger charge is -2.23. The van der Waals surface area contributed by atoms with Crippen LogP contribution in [0.5, 0.6) is 17.2 Å². The molecule has 0 aliphatic carbocycles. The number of methoxy groups -OCH3 is 3. The maximum Gasteiger partial charge on any atom is 0.254 e. The van der Waals surface area contributed by atoms with Crippen LogP contribution in [-0.2, 0) is 6.54 Å². The number of nitrogens with one attached hydrogen (secondary N) is 1. The first kappa shape index (κ1) is 22.2. The lowest BCUT2D eigenvalue weighted by molar-refractivity contribution is 0.0741. The Kier molecular flexibility index (Phi) is 6.84. The zero-order valence-corrected chi connectivity index (χ0v) is 18.6. The zero-order valence-electron chi connectivity index (χ0n) is 18.6. The van der Waals surface area contributed by atoms with E-state index < -0.39 is 0 Å². The lowest BCUT2D eigenvalue weighted by Crippen LogP contribution is -2.33. The van der Waals surface area contributed by atoms with E-state index in [9.17, 15) is 9.59 Å². The Hall–Kier alpha value is -3.48. The molecule has 0 aliphatic rings. The highest BCUT2D eigenvalue weighted by Gasteiger charge is 2.22. The van der Waals surface area contributed by atoms with Crippen LogP contribution in [0.2, 0.25) is 0 Å². The Balaban J connectivity index is 1.99. The van der Waals surface area contributed by atoms with Gasteiger partial charge >= 0.3 is 0 Å². The van der Waals surface area contributed by atoms with Crippen LogP contribution < -0.4 is 19.8 Å². The number of para-hydroxylation sites is 1. The summed E-state index contributed by atoms with van der Waals surface area (Å²) in [5.74, 6) is 1.01. The molecular formula is C24H28N2O5. The Morgan fingerprint density at radius 3 is 2.29 bits per heavy atom. The topological polar surface area (TPSA) is 80.9 Å². The van der Waals surface area contributed by atoms with E-state index in [1.54, 1.807) is 17.0 Å². The van der Waals surface area contributed by atoms with E-state index in [1.807, 2.05) is 38.1 Å². The predicted molar refractivity (Wildman–Crippen MR) is 120 cm³/mol. The summed E-state index contributed by atoms with van der Waals surface area (Å²) in [5, 5.41) is 0.936. The van der Waals surface area contributed by atoms with Gasteiger partial charge in [0.1, 0.15) is 0 Å². The number of carbonyl (C=O) groups excluding carboxylic acids is 1. The highest BCUT2D eigenvalue weighted by molar-refractivity contribution is 5.95. The van der Waals surface area contributed by atoms with Crippen molar-refractivity contribution in [1.29, 1.82) is 0 Å². The average molecular weight is 424 g/mol. The number of hydrogen-bond donors (Lipinski definition) is 1. The summed E-state index contributed by atoms with van der Waals surface area (Å²) < 4.78 is 16.1. The SMILES string of the molecule is CCCN(Cc1cc2cccc(C)c2[nH]c1=O)C(=O)c1cc(OC)c(OC)c(OC)c1. The molecule has 164 valence electrons. The van der Waals surface area contributed by atoms with Gasteiger partial charge in [0.2, 0.25) is 5.75 Å². The molecule has 7 nitrogen and oxygen atoms in total. The van der Waals surface area contributed by atoms with Gasteiger partial charge in [0.25, 0.3) is 11.5 Å². The van der Waals surface area contributed by atoms with Gasteiger partial charge in [0.05, 0.1) is 33.4 Å². The summed E-state index contributed by atoms with van der Waals surface area (Å²) in [6, 6.07) is 11.0. The van der Waals surface area contributed by atoms with Crippen molar-refractivity contribution in [2.24, 2.45) is 0 Å². The third-order valence-electron chi connectivity index (χ3n) is 5.22. The van der Waals surface area contributed by atoms with Crippen molar-refractivity contribution >= 4 is 16.8 Å². The van der Waals surface area contributed by atoms with Gasteiger partial charge in [0, 0.05) is 17.7 Å². The van der Waals surface area contributed by atoms with Gasteiger partial charge in [-0.15, -0.1) is 0 Å². The normalized spacial score (nSPS) is 10.7. The van der Waals surface area contributed by atoms with E-state index in [0.717, 1.165) is 22.9 Å². The molecule has 0 saturated carbocycles. The minimum absolute atomic E-state index is 0.194. The van der Waals surface area contributed by atoms with Gasteiger partial charge in [-0.3, -0.25) is 9.59 Å². The summed E-state index contributed by atoms with van der Waals surface area (Å²) >= 11 is 0. The molecule has 3 aromatic rings. The minimum Gasteiger partial charge on any atom is -0.493 e. The predicted octanol–water partition coefficient (Wildman–Crippen LogP) is 3.91. The monoisotopic (exact) mass is 424 g/mol. The summed E-state index contributed by atoms with van der Waals surface area (Å²) in [6.45, 7) is 4.64. The third kappa shape index (κ3) is 4.50. The van der Waals surface area contributed by atoms with Gasteiger partial charge in [-0.2, -0.15) is 0 Å². The molecule has 1 heterocycles. The van der Waals surface area contributed by atoms with E-state index in [0.29, 0.717) is 34.9 Å². The molecule has 0 saturated heterocycles. The fourth-order valence-electron chi connectivity index (χ4n) is 3.66. The van der Waals surface area contributed by atoms with Crippen molar-refractivity contribution in [3.63, 3.8) is 0 Å². The maximum atomic E-state index is 13.4. The number of amides is 1. The molecule has 3 rings (SSSR count). The molecule has 0 spiro atoms. The number of fused-ring (bicyclic) bond motifs is 1. The average Bonchev–Trinajstić information content (AvgIpc) is 2.78. The van der Waals surface area contributed by atoms with E-state index in [4.69, 9.17) is 14.2 Å². The second-order valence-corrected chi connectivity index (χ2v) is 7.30. The Labute approximate surface area is 181 Å². The number of hydrogen-bond acceptors (Lipinski definition) is 5. The number of aromatic nitrogens is 1. The largest absolute Gasteiger partial charge is 0.493 e. The summed E-state index contributed by atoms with van der Waals surface area (Å²) in [4.78, 5) is 30.7. The second kappa shape index (κ2) is 9.55. The summed E-state index contributed by atoms with van der Waals surface area (Å²) in [6.07, 6.45) is 0.751. The molecule has 0 radical (unpaired) electrons. The highest BCUT2D eigenvalue weighted by atomic mass is 16.5. The van der Waals surface area contributed by atoms with Crippen LogP contribution in [0.15, 0.2) is 41.2 Å². The molecule has 0 fully saturated rings. The Bertz CT molecular complexity index is 1130. The van der Waals surface area contributed by atoms with Crippen molar-refractivity contribution in [1.82, 2.24) is 9.88 Å². The first-order chi connectivity index (χ1) is 14.9. The summed E-state index contributed by atoms with van der Waals surface area (Å²) in [5.41, 5.74) is 2.55. The van der Waals surface area contributed by atoms with Crippen molar-refractivity contribution in [2.45, 2.75) is 26.8 Å². The van der Waals surface area contributed by atoms with Crippen LogP contribution in [0.1, 0.15) is 34.8 Å². The molecule has 1 aromatic heterocycles. The first-order valence-electron chi connectivity index (χ1n) is 10.1. The molecule has 31 heavy (non-hydrogen) atoms. The number of rotatable bonds is 8. The fraction of sp³-hybridized carbons (Fsp3) is 0.333. The van der Waals surface area contributed by atoms with Crippen LogP contribution in [0.25, 0.3) is 10.9 Å². The second-order valence-electron chi connectivity index (χ2n) is 7.30. The Morgan fingerprint density at radius 2 is 1.71 bits per heavy atom. The fourth-order valence-corrected chi connectivity index (χ4v) is 3.66. The van der Waals surface area contributed by atoms with Crippen LogP contribution in [-0.4, -0.2) is 43.7 Å². The maximum absolute atomic E-state index is 13.4. The highest BCUT2D eigenvalue weighted by Crippen LogP contribution is 2.38. The van der Waals surface area contributed by atoms with E-state index in [1.165, 1.54) is 21.3 Å². The van der Waals surface area contributed by atoms with E-state index >= 15 is 0 Å².